The van der Waals surface area contributed by atoms with Crippen LogP contribution in [0.5, 0.6) is 5.75 Å². The Bertz CT molecular complexity index is 359. The zero-order valence-electron chi connectivity index (χ0n) is 12.1. The molecule has 0 unspecified atom stereocenters. The molecule has 0 heterocycles. The van der Waals surface area contributed by atoms with Crippen LogP contribution in [-0.2, 0) is 11.3 Å². The van der Waals surface area contributed by atoms with E-state index in [2.05, 4.69) is 17.4 Å². The van der Waals surface area contributed by atoms with Gasteiger partial charge in [0.2, 0.25) is 0 Å². The summed E-state index contributed by atoms with van der Waals surface area (Å²) in [6, 6.07) is 4.22. The van der Waals surface area contributed by atoms with Crippen LogP contribution in [0.2, 0.25) is 0 Å². The van der Waals surface area contributed by atoms with Gasteiger partial charge in [0.1, 0.15) is 5.75 Å². The lowest BCUT2D eigenvalue weighted by molar-refractivity contribution is 0.199. The van der Waals surface area contributed by atoms with E-state index in [0.29, 0.717) is 19.6 Å². The lowest BCUT2D eigenvalue weighted by atomic mass is 10.1. The molecule has 0 spiro atoms. The van der Waals surface area contributed by atoms with Crippen LogP contribution in [0, 0.1) is 13.8 Å². The van der Waals surface area contributed by atoms with Gasteiger partial charge < -0.3 is 14.8 Å². The Morgan fingerprint density at radius 1 is 1.16 bits per heavy atom. The molecule has 0 saturated heterocycles. The molecule has 0 bridgehead atoms. The summed E-state index contributed by atoms with van der Waals surface area (Å²) in [6.45, 7) is 6.51. The standard InChI is InChI=1S/C15H24FNO2/c1-12-9-14(11-17-6-8-18-3)10-13(2)15(12)19-7-4-5-16/h9-10,17H,4-8,11H2,1-3H3. The van der Waals surface area contributed by atoms with E-state index in [4.69, 9.17) is 9.47 Å². The summed E-state index contributed by atoms with van der Waals surface area (Å²) in [5, 5.41) is 3.31. The van der Waals surface area contributed by atoms with E-state index in [1.807, 2.05) is 13.8 Å². The summed E-state index contributed by atoms with van der Waals surface area (Å²) in [4.78, 5) is 0. The highest BCUT2D eigenvalue weighted by Crippen LogP contribution is 2.25. The quantitative estimate of drug-likeness (QED) is 0.699. The smallest absolute Gasteiger partial charge is 0.125 e. The number of nitrogens with one attached hydrogen (secondary N) is 1. The molecule has 0 fully saturated rings. The van der Waals surface area contributed by atoms with Gasteiger partial charge in [0, 0.05) is 26.6 Å². The Balaban J connectivity index is 2.57. The molecule has 0 aliphatic carbocycles. The average Bonchev–Trinajstić information content (AvgIpc) is 2.38. The van der Waals surface area contributed by atoms with Gasteiger partial charge >= 0.3 is 0 Å². The molecule has 0 aliphatic rings. The fraction of sp³-hybridized carbons (Fsp3) is 0.600. The minimum atomic E-state index is -0.334. The molecule has 4 heteroatoms. The van der Waals surface area contributed by atoms with Gasteiger partial charge in [-0.25, -0.2) is 0 Å². The van der Waals surface area contributed by atoms with Crippen LogP contribution in [0.1, 0.15) is 23.1 Å². The molecule has 19 heavy (non-hydrogen) atoms. The van der Waals surface area contributed by atoms with Gasteiger partial charge in [-0.2, -0.15) is 0 Å². The topological polar surface area (TPSA) is 30.5 Å². The van der Waals surface area contributed by atoms with Crippen LogP contribution in [0.3, 0.4) is 0 Å². The maximum Gasteiger partial charge on any atom is 0.125 e. The largest absolute Gasteiger partial charge is 0.493 e. The van der Waals surface area contributed by atoms with E-state index in [9.17, 15) is 4.39 Å². The summed E-state index contributed by atoms with van der Waals surface area (Å²) < 4.78 is 22.7. The van der Waals surface area contributed by atoms with Crippen molar-refractivity contribution in [1.29, 1.82) is 0 Å². The molecule has 0 atom stereocenters. The minimum absolute atomic E-state index is 0.334. The monoisotopic (exact) mass is 269 g/mol. The van der Waals surface area contributed by atoms with Gasteiger partial charge in [-0.05, 0) is 30.5 Å². The van der Waals surface area contributed by atoms with Crippen molar-refractivity contribution >= 4 is 0 Å². The maximum absolute atomic E-state index is 12.1. The van der Waals surface area contributed by atoms with Gasteiger partial charge in [-0.1, -0.05) is 12.1 Å². The van der Waals surface area contributed by atoms with Crippen molar-refractivity contribution in [2.75, 3.05) is 33.5 Å². The summed E-state index contributed by atoms with van der Waals surface area (Å²) in [7, 11) is 1.69. The zero-order chi connectivity index (χ0) is 14.1. The van der Waals surface area contributed by atoms with Gasteiger partial charge in [-0.15, -0.1) is 0 Å². The Morgan fingerprint density at radius 2 is 1.84 bits per heavy atom. The number of hydrogen-bond acceptors (Lipinski definition) is 3. The Morgan fingerprint density at radius 3 is 2.42 bits per heavy atom. The van der Waals surface area contributed by atoms with E-state index in [1.54, 1.807) is 7.11 Å². The van der Waals surface area contributed by atoms with Crippen molar-refractivity contribution in [3.05, 3.63) is 28.8 Å². The number of methoxy groups -OCH3 is 1. The summed E-state index contributed by atoms with van der Waals surface area (Å²) in [5.41, 5.74) is 3.42. The molecule has 108 valence electrons. The Hall–Kier alpha value is -1.13. The number of benzene rings is 1. The molecule has 1 rings (SSSR count). The normalized spacial score (nSPS) is 10.7. The van der Waals surface area contributed by atoms with E-state index in [0.717, 1.165) is 30.0 Å². The van der Waals surface area contributed by atoms with Crippen LogP contribution in [0.4, 0.5) is 4.39 Å². The van der Waals surface area contributed by atoms with Crippen molar-refractivity contribution < 1.29 is 13.9 Å². The number of alkyl halides is 1. The van der Waals surface area contributed by atoms with Gasteiger partial charge in [-0.3, -0.25) is 4.39 Å². The van der Waals surface area contributed by atoms with Crippen molar-refractivity contribution in [3.8, 4) is 5.75 Å². The number of ether oxygens (including phenoxy) is 2. The summed E-state index contributed by atoms with van der Waals surface area (Å²) in [5.74, 6) is 0.883. The fourth-order valence-corrected chi connectivity index (χ4v) is 2.01. The van der Waals surface area contributed by atoms with Gasteiger partial charge in [0.05, 0.1) is 19.9 Å². The third-order valence-electron chi connectivity index (χ3n) is 2.86. The lowest BCUT2D eigenvalue weighted by Gasteiger charge is -2.14. The van der Waals surface area contributed by atoms with Crippen LogP contribution in [0.25, 0.3) is 0 Å². The van der Waals surface area contributed by atoms with Crippen molar-refractivity contribution in [2.45, 2.75) is 26.8 Å². The fourth-order valence-electron chi connectivity index (χ4n) is 2.01. The predicted octanol–water partition coefficient (Wildman–Crippen LogP) is 2.78. The molecule has 0 saturated carbocycles. The third kappa shape index (κ3) is 5.57. The molecule has 0 aromatic heterocycles. The first-order valence-electron chi connectivity index (χ1n) is 6.67. The molecule has 1 N–H and O–H groups in total. The van der Waals surface area contributed by atoms with E-state index >= 15 is 0 Å². The SMILES string of the molecule is COCCNCc1cc(C)c(OCCCF)c(C)c1. The third-order valence-corrected chi connectivity index (χ3v) is 2.86. The second-order valence-electron chi connectivity index (χ2n) is 4.62. The van der Waals surface area contributed by atoms with Crippen LogP contribution >= 0.6 is 0 Å². The Kier molecular flexibility index (Phi) is 7.45. The van der Waals surface area contributed by atoms with Crippen LogP contribution in [0.15, 0.2) is 12.1 Å². The highest BCUT2D eigenvalue weighted by Gasteiger charge is 2.06. The molecule has 1 aromatic rings. The highest BCUT2D eigenvalue weighted by molar-refractivity contribution is 5.43. The molecule has 1 aromatic carbocycles. The number of rotatable bonds is 9. The lowest BCUT2D eigenvalue weighted by Crippen LogP contribution is -2.18. The number of halogens is 1. The average molecular weight is 269 g/mol. The first-order chi connectivity index (χ1) is 9.19. The predicted molar refractivity (Wildman–Crippen MR) is 75.6 cm³/mol. The second kappa shape index (κ2) is 8.88. The first kappa shape index (κ1) is 15.9. The molecule has 0 amide bonds. The zero-order valence-corrected chi connectivity index (χ0v) is 12.1. The minimum Gasteiger partial charge on any atom is -0.493 e. The van der Waals surface area contributed by atoms with Crippen molar-refractivity contribution in [3.63, 3.8) is 0 Å². The van der Waals surface area contributed by atoms with Crippen molar-refractivity contribution in [2.24, 2.45) is 0 Å². The molecule has 0 aliphatic heterocycles. The van der Waals surface area contributed by atoms with E-state index in [1.165, 1.54) is 5.56 Å². The molecule has 0 radical (unpaired) electrons. The summed E-state index contributed by atoms with van der Waals surface area (Å²) >= 11 is 0. The molecular formula is C15H24FNO2. The number of aryl methyl sites for hydroxylation is 2. The Labute approximate surface area is 115 Å². The molecule has 3 nitrogen and oxygen atoms in total. The van der Waals surface area contributed by atoms with Crippen LogP contribution in [-0.4, -0.2) is 33.5 Å². The maximum atomic E-state index is 12.1. The second-order valence-corrected chi connectivity index (χ2v) is 4.62. The van der Waals surface area contributed by atoms with E-state index in [-0.39, 0.29) is 6.67 Å². The van der Waals surface area contributed by atoms with Crippen LogP contribution < -0.4 is 10.1 Å². The summed E-state index contributed by atoms with van der Waals surface area (Å²) in [6.07, 6.45) is 0.444. The van der Waals surface area contributed by atoms with Gasteiger partial charge in [0.15, 0.2) is 0 Å². The highest BCUT2D eigenvalue weighted by atomic mass is 19.1. The van der Waals surface area contributed by atoms with Crippen molar-refractivity contribution in [1.82, 2.24) is 5.32 Å². The molecular weight excluding hydrogens is 245 g/mol. The van der Waals surface area contributed by atoms with E-state index < -0.39 is 0 Å². The first-order valence-corrected chi connectivity index (χ1v) is 6.67. The number of hydrogen-bond donors (Lipinski definition) is 1. The van der Waals surface area contributed by atoms with Gasteiger partial charge in [0.25, 0.3) is 0 Å².